The zero-order valence-corrected chi connectivity index (χ0v) is 79.6. The van der Waals surface area contributed by atoms with Crippen LogP contribution in [0, 0.1) is 13.8 Å². The second kappa shape index (κ2) is 43.8. The minimum absolute atomic E-state index is 0.0173. The zero-order valence-electron chi connectivity index (χ0n) is 73.2. The highest BCUT2D eigenvalue weighted by Crippen LogP contribution is 2.59. The lowest BCUT2D eigenvalue weighted by Gasteiger charge is -2.34. The van der Waals surface area contributed by atoms with E-state index in [1.807, 2.05) is 0 Å². The molecule has 0 N–H and O–H groups in total. The van der Waals surface area contributed by atoms with E-state index < -0.39 is 5.41 Å². The van der Waals surface area contributed by atoms with Gasteiger partial charge in [0.25, 0.3) is 0 Å². The molecular weight excluding hydrogens is 1790 g/mol. The molecule has 2 aliphatic carbocycles. The molecule has 0 saturated carbocycles. The topological polar surface area (TPSA) is 61.9 Å². The number of nitrogens with zero attached hydrogens (tertiary/aromatic N) is 2. The summed E-state index contributed by atoms with van der Waals surface area (Å²) in [6, 6.07) is 97.3. The van der Waals surface area contributed by atoms with E-state index in [-0.39, 0.29) is 19.7 Å². The Morgan fingerprint density at radius 2 is 0.605 bits per heavy atom. The van der Waals surface area contributed by atoms with Crippen molar-refractivity contribution < 1.29 is 28.1 Å². The zero-order chi connectivity index (χ0) is 85.8. The Kier molecular flexibility index (Phi) is 31.9. The van der Waals surface area contributed by atoms with Crippen LogP contribution in [0.25, 0.3) is 43.8 Å². The SMILES string of the molecule is CCCCCCCCC1(CCCCCCCC)c2cc(B3OCCO3)ccc2-c2ccc(B3OCCO3)cc21.CCCCCCOc1ccc(C2(c3ccc(OCCCCCC)cc3)c3cc(Br)ccc3-c3ccc(Br)cc32)cc1.Cc1ccc(N(c2ccc(Br)cc2)c2c3ccccc3c(N(c3ccc(C)cc3)c3ccc(Br)cc3)c3ccccc23)cc1. The Bertz CT molecular complexity index is 5150. The van der Waals surface area contributed by atoms with Crippen LogP contribution in [-0.2, 0) is 29.4 Å². The summed E-state index contributed by atoms with van der Waals surface area (Å²) in [5.74, 6) is 1.85. The van der Waals surface area contributed by atoms with E-state index in [4.69, 9.17) is 28.1 Å². The van der Waals surface area contributed by atoms with Crippen LogP contribution >= 0.6 is 63.7 Å². The van der Waals surface area contributed by atoms with Crippen LogP contribution in [0.2, 0.25) is 0 Å². The lowest BCUT2D eigenvalue weighted by atomic mass is 9.67. The van der Waals surface area contributed by atoms with Crippen molar-refractivity contribution in [3.8, 4) is 33.8 Å². The second-order valence-corrected chi connectivity index (χ2v) is 37.6. The molecule has 2 heterocycles. The van der Waals surface area contributed by atoms with Gasteiger partial charge in [0.2, 0.25) is 0 Å². The van der Waals surface area contributed by atoms with Gasteiger partial charge in [-0.2, -0.15) is 0 Å². The van der Waals surface area contributed by atoms with Crippen molar-refractivity contribution in [3.05, 3.63) is 329 Å². The third-order valence-electron chi connectivity index (χ3n) is 25.4. The van der Waals surface area contributed by atoms with E-state index in [2.05, 4.69) is 382 Å². The van der Waals surface area contributed by atoms with Crippen molar-refractivity contribution in [2.75, 3.05) is 49.4 Å². The number of anilines is 6. The van der Waals surface area contributed by atoms with Gasteiger partial charge in [-0.1, -0.05) is 364 Å². The first-order valence-electron chi connectivity index (χ1n) is 45.8. The number of hydrogen-bond donors (Lipinski definition) is 0. The van der Waals surface area contributed by atoms with E-state index in [1.54, 1.807) is 0 Å². The lowest BCUT2D eigenvalue weighted by molar-refractivity contribution is 0.305. The maximum atomic E-state index is 6.13. The molecule has 0 aromatic heterocycles. The molecule has 2 aliphatic heterocycles. The minimum atomic E-state index is -0.475. The predicted octanol–water partition coefficient (Wildman–Crippen LogP) is 31.5. The number of aryl methyl sites for hydroxylation is 2. The van der Waals surface area contributed by atoms with E-state index in [0.717, 1.165) is 100 Å². The third-order valence-corrected chi connectivity index (χ3v) is 27.4. The normalized spacial score (nSPS) is 13.9. The summed E-state index contributed by atoms with van der Waals surface area (Å²) in [7, 11) is -0.480. The molecule has 13 aromatic carbocycles. The van der Waals surface area contributed by atoms with Gasteiger partial charge < -0.3 is 37.9 Å². The maximum absolute atomic E-state index is 6.13. The van der Waals surface area contributed by atoms with E-state index in [9.17, 15) is 0 Å². The number of benzene rings is 13. The average Bonchev–Trinajstić information content (AvgIpc) is 1.51. The Hall–Kier alpha value is -8.53. The Morgan fingerprint density at radius 1 is 0.306 bits per heavy atom. The quantitative estimate of drug-likeness (QED) is 0.0167. The number of rotatable bonds is 36. The molecule has 0 spiro atoms. The molecule has 14 heteroatoms. The molecule has 8 nitrogen and oxygen atoms in total. The van der Waals surface area contributed by atoms with Crippen molar-refractivity contribution >= 4 is 145 Å². The highest BCUT2D eigenvalue weighted by atomic mass is 79.9. The molecule has 638 valence electrons. The Balaban J connectivity index is 0.000000144. The standard InChI is InChI=1S/C40H30Br2N2.C37H40Br2O2.C33H48B2O4/c1-27-11-19-31(20-12-27)43(33-23-15-29(41)16-24-33)39-35-7-3-5-9-37(35)40(38-10-6-4-8-36(38)39)44(32-21-13-28(2)14-22-32)34-25-17-30(42)18-26-34;1-3-5-7-9-23-40-31-17-11-27(12-18-31)37(28-13-19-32(20-14-28)41-24-10-8-6-4-2)35-25-29(38)15-21-33(35)34-22-16-30(39)26-36(34)37;1-3-5-7-9-11-13-19-33(20-14-12-10-8-6-4-2)31-25-27(34-36-21-22-37-34)15-17-29(31)30-18-16-28(26-32(30)33)35-38-23-24-39-35/h3-26H,1-2H3;11-22,25-26H,3-10,23-24H2,1-2H3;15-18,25-26H,3-14,19-24H2,1-2H3. The Labute approximate surface area is 772 Å². The van der Waals surface area contributed by atoms with Gasteiger partial charge in [-0.05, 0) is 227 Å². The van der Waals surface area contributed by atoms with E-state index in [0.29, 0.717) is 26.4 Å². The van der Waals surface area contributed by atoms with Crippen molar-refractivity contribution in [1.29, 1.82) is 0 Å². The Morgan fingerprint density at radius 3 is 0.952 bits per heavy atom. The van der Waals surface area contributed by atoms with E-state index in [1.165, 1.54) is 217 Å². The first-order chi connectivity index (χ1) is 60.8. The van der Waals surface area contributed by atoms with Crippen molar-refractivity contribution in [2.45, 2.75) is 194 Å². The van der Waals surface area contributed by atoms with Gasteiger partial charge >= 0.3 is 14.2 Å². The fourth-order valence-electron chi connectivity index (χ4n) is 19.0. The summed E-state index contributed by atoms with van der Waals surface area (Å²) < 4.78 is 40.3. The number of ether oxygens (including phenoxy) is 2. The molecule has 17 rings (SSSR count). The first kappa shape index (κ1) is 90.3. The van der Waals surface area contributed by atoms with Gasteiger partial charge in [0.15, 0.2) is 0 Å². The van der Waals surface area contributed by atoms with Gasteiger partial charge in [0.05, 0.1) is 56.4 Å². The predicted molar refractivity (Wildman–Crippen MR) is 537 cm³/mol. The molecule has 13 aromatic rings. The summed E-state index contributed by atoms with van der Waals surface area (Å²) >= 11 is 14.9. The fourth-order valence-corrected chi connectivity index (χ4v) is 20.3. The van der Waals surface area contributed by atoms with Gasteiger partial charge in [0.1, 0.15) is 11.5 Å². The van der Waals surface area contributed by atoms with Crippen molar-refractivity contribution in [1.82, 2.24) is 0 Å². The summed E-state index contributed by atoms with van der Waals surface area (Å²) in [4.78, 5) is 4.80. The van der Waals surface area contributed by atoms with Crippen LogP contribution in [0.1, 0.15) is 213 Å². The summed E-state index contributed by atoms with van der Waals surface area (Å²) in [5, 5.41) is 4.72. The van der Waals surface area contributed by atoms with Crippen LogP contribution in [0.5, 0.6) is 11.5 Å². The average molecular weight is 1910 g/mol. The molecule has 0 unspecified atom stereocenters. The smallest absolute Gasteiger partial charge is 0.494 e. The summed E-state index contributed by atoms with van der Waals surface area (Å²) in [6.45, 7) is 17.6. The molecule has 0 radical (unpaired) electrons. The molecule has 0 bridgehead atoms. The largest absolute Gasteiger partial charge is 0.494 e. The highest BCUT2D eigenvalue weighted by molar-refractivity contribution is 9.11. The number of halogens is 4. The van der Waals surface area contributed by atoms with Crippen LogP contribution in [0.15, 0.2) is 285 Å². The molecular formula is C110H118B2Br4N2O6. The third kappa shape index (κ3) is 20.7. The number of unbranched alkanes of at least 4 members (excludes halogenated alkanes) is 16. The molecule has 0 atom stereocenters. The van der Waals surface area contributed by atoms with Crippen LogP contribution < -0.4 is 30.2 Å². The van der Waals surface area contributed by atoms with Gasteiger partial charge in [0, 0.05) is 67.6 Å². The fraction of sp³-hybridized carbons (Fsp3) is 0.327. The van der Waals surface area contributed by atoms with Crippen LogP contribution in [-0.4, -0.2) is 53.9 Å². The molecule has 0 amide bonds. The molecule has 4 aliphatic rings. The number of fused-ring (bicyclic) bond motifs is 8. The summed E-state index contributed by atoms with van der Waals surface area (Å²) in [6.07, 6.45) is 27.8. The maximum Gasteiger partial charge on any atom is 0.494 e. The van der Waals surface area contributed by atoms with Gasteiger partial charge in [-0.15, -0.1) is 0 Å². The van der Waals surface area contributed by atoms with Crippen LogP contribution in [0.3, 0.4) is 0 Å². The second-order valence-electron chi connectivity index (χ2n) is 34.0. The lowest BCUT2D eigenvalue weighted by Crippen LogP contribution is -2.35. The molecule has 124 heavy (non-hydrogen) atoms. The van der Waals surface area contributed by atoms with Crippen molar-refractivity contribution in [2.24, 2.45) is 0 Å². The molecule has 2 saturated heterocycles. The summed E-state index contributed by atoms with van der Waals surface area (Å²) in [5.41, 5.74) is 24.4. The molecule has 2 fully saturated rings. The first-order valence-corrected chi connectivity index (χ1v) is 49.0. The van der Waals surface area contributed by atoms with E-state index >= 15 is 0 Å². The van der Waals surface area contributed by atoms with Gasteiger partial charge in [-0.25, -0.2) is 0 Å². The van der Waals surface area contributed by atoms with Crippen molar-refractivity contribution in [3.63, 3.8) is 0 Å². The minimum Gasteiger partial charge on any atom is -0.494 e. The van der Waals surface area contributed by atoms with Crippen LogP contribution in [0.4, 0.5) is 34.1 Å². The number of hydrogen-bond acceptors (Lipinski definition) is 8. The highest BCUT2D eigenvalue weighted by Gasteiger charge is 2.48. The van der Waals surface area contributed by atoms with Gasteiger partial charge in [-0.3, -0.25) is 0 Å². The monoisotopic (exact) mass is 1900 g/mol.